The highest BCUT2D eigenvalue weighted by Gasteiger charge is 2.41. The molecule has 2 aromatic carbocycles. The van der Waals surface area contributed by atoms with Crippen LogP contribution in [0.15, 0.2) is 64.4 Å². The van der Waals surface area contributed by atoms with Crippen LogP contribution in [0.2, 0.25) is 0 Å². The molecule has 0 N–H and O–H groups in total. The summed E-state index contributed by atoms with van der Waals surface area (Å²) in [6.07, 6.45) is -4.99. The van der Waals surface area contributed by atoms with E-state index in [4.69, 9.17) is 0 Å². The monoisotopic (exact) mass is 298 g/mol. The molecule has 0 heterocycles. The van der Waals surface area contributed by atoms with Gasteiger partial charge in [0.1, 0.15) is 5.75 Å². The van der Waals surface area contributed by atoms with Gasteiger partial charge in [-0.15, -0.1) is 0 Å². The summed E-state index contributed by atoms with van der Waals surface area (Å²) in [5.41, 5.74) is 0. The van der Waals surface area contributed by atoms with E-state index in [2.05, 4.69) is 4.74 Å². The summed E-state index contributed by atoms with van der Waals surface area (Å²) in [6, 6.07) is 15.4. The molecule has 0 unspecified atom stereocenters. The second kappa shape index (κ2) is 6.00. The lowest BCUT2D eigenvalue weighted by molar-refractivity contribution is -0.189. The van der Waals surface area contributed by atoms with Gasteiger partial charge in [0.2, 0.25) is 0 Å². The minimum atomic E-state index is -4.99. The molecule has 6 heteroatoms. The molecule has 2 rings (SSSR count). The molecule has 0 spiro atoms. The minimum absolute atomic E-state index is 0.135. The molecular formula is C14H9F3O2S. The van der Waals surface area contributed by atoms with Gasteiger partial charge in [-0.2, -0.15) is 13.2 Å². The number of halogens is 3. The van der Waals surface area contributed by atoms with Gasteiger partial charge >= 0.3 is 12.1 Å². The third-order valence-corrected chi connectivity index (χ3v) is 3.26. The van der Waals surface area contributed by atoms with Gasteiger partial charge in [0, 0.05) is 9.79 Å². The van der Waals surface area contributed by atoms with Crippen LogP contribution in [0.3, 0.4) is 0 Å². The van der Waals surface area contributed by atoms with Crippen molar-refractivity contribution in [3.63, 3.8) is 0 Å². The molecule has 20 heavy (non-hydrogen) atoms. The highest BCUT2D eigenvalue weighted by Crippen LogP contribution is 2.29. The molecule has 0 radical (unpaired) electrons. The Morgan fingerprint density at radius 2 is 1.45 bits per heavy atom. The van der Waals surface area contributed by atoms with Crippen LogP contribution in [0.25, 0.3) is 0 Å². The van der Waals surface area contributed by atoms with E-state index < -0.39 is 12.1 Å². The van der Waals surface area contributed by atoms with E-state index in [1.165, 1.54) is 23.9 Å². The third kappa shape index (κ3) is 4.03. The number of carbonyl (C=O) groups excluding carboxylic acids is 1. The molecule has 0 saturated carbocycles. The molecule has 0 aliphatic carbocycles. The molecule has 0 amide bonds. The van der Waals surface area contributed by atoms with Crippen molar-refractivity contribution in [1.29, 1.82) is 0 Å². The molecule has 0 atom stereocenters. The van der Waals surface area contributed by atoms with Crippen LogP contribution in [0.4, 0.5) is 13.2 Å². The molecule has 0 saturated heterocycles. The Kier molecular flexibility index (Phi) is 4.34. The lowest BCUT2D eigenvalue weighted by atomic mass is 10.3. The van der Waals surface area contributed by atoms with Gasteiger partial charge in [0.25, 0.3) is 0 Å². The summed E-state index contributed by atoms with van der Waals surface area (Å²) >= 11 is 1.46. The number of rotatable bonds is 3. The minimum Gasteiger partial charge on any atom is -0.420 e. The number of esters is 1. The second-order valence-electron chi connectivity index (χ2n) is 3.77. The zero-order valence-electron chi connectivity index (χ0n) is 10.1. The molecular weight excluding hydrogens is 289 g/mol. The van der Waals surface area contributed by atoms with E-state index in [1.54, 1.807) is 12.1 Å². The Morgan fingerprint density at radius 3 is 2.00 bits per heavy atom. The van der Waals surface area contributed by atoms with Gasteiger partial charge < -0.3 is 4.74 Å². The number of carbonyl (C=O) groups is 1. The van der Waals surface area contributed by atoms with Crippen molar-refractivity contribution in [2.24, 2.45) is 0 Å². The van der Waals surface area contributed by atoms with Crippen LogP contribution >= 0.6 is 11.8 Å². The highest BCUT2D eigenvalue weighted by molar-refractivity contribution is 7.99. The highest BCUT2D eigenvalue weighted by atomic mass is 32.2. The van der Waals surface area contributed by atoms with Crippen molar-refractivity contribution < 1.29 is 22.7 Å². The molecule has 0 fully saturated rings. The largest absolute Gasteiger partial charge is 0.491 e. The van der Waals surface area contributed by atoms with Gasteiger partial charge in [0.15, 0.2) is 0 Å². The lowest BCUT2D eigenvalue weighted by Crippen LogP contribution is -2.27. The molecule has 0 aliphatic rings. The second-order valence-corrected chi connectivity index (χ2v) is 4.92. The third-order valence-electron chi connectivity index (χ3n) is 2.24. The Hall–Kier alpha value is -1.95. The predicted molar refractivity (Wildman–Crippen MR) is 68.7 cm³/mol. The van der Waals surface area contributed by atoms with Crippen molar-refractivity contribution in [2.45, 2.75) is 16.0 Å². The standard InChI is InChI=1S/C14H9F3O2S/c15-14(16,17)13(18)19-10-6-8-12(9-7-10)20-11-4-2-1-3-5-11/h1-9H. The van der Waals surface area contributed by atoms with Crippen molar-refractivity contribution in [3.05, 3.63) is 54.6 Å². The number of hydrogen-bond acceptors (Lipinski definition) is 3. The Labute approximate surface area is 117 Å². The van der Waals surface area contributed by atoms with Gasteiger partial charge in [-0.1, -0.05) is 30.0 Å². The number of alkyl halides is 3. The first kappa shape index (κ1) is 14.5. The fourth-order valence-electron chi connectivity index (χ4n) is 1.37. The Balaban J connectivity index is 2.02. The van der Waals surface area contributed by atoms with E-state index in [-0.39, 0.29) is 5.75 Å². The first-order valence-electron chi connectivity index (χ1n) is 5.57. The van der Waals surface area contributed by atoms with E-state index in [0.717, 1.165) is 9.79 Å². The summed E-state index contributed by atoms with van der Waals surface area (Å²) in [5, 5.41) is 0. The summed E-state index contributed by atoms with van der Waals surface area (Å²) in [5.74, 6) is -2.36. The Bertz CT molecular complexity index is 580. The van der Waals surface area contributed by atoms with Crippen molar-refractivity contribution in [2.75, 3.05) is 0 Å². The first-order chi connectivity index (χ1) is 9.45. The predicted octanol–water partition coefficient (Wildman–Crippen LogP) is 4.31. The summed E-state index contributed by atoms with van der Waals surface area (Å²) in [7, 11) is 0. The van der Waals surface area contributed by atoms with Crippen LogP contribution in [-0.2, 0) is 4.79 Å². The van der Waals surface area contributed by atoms with E-state index in [1.807, 2.05) is 30.3 Å². The van der Waals surface area contributed by atoms with Gasteiger partial charge in [-0.05, 0) is 36.4 Å². The quantitative estimate of drug-likeness (QED) is 0.624. The topological polar surface area (TPSA) is 26.3 Å². The number of benzene rings is 2. The normalized spacial score (nSPS) is 11.2. The van der Waals surface area contributed by atoms with E-state index >= 15 is 0 Å². The van der Waals surface area contributed by atoms with Crippen LogP contribution < -0.4 is 4.74 Å². The molecule has 2 aromatic rings. The maximum absolute atomic E-state index is 12.0. The molecule has 0 bridgehead atoms. The van der Waals surface area contributed by atoms with Gasteiger partial charge in [-0.3, -0.25) is 0 Å². The summed E-state index contributed by atoms with van der Waals surface area (Å²) in [6.45, 7) is 0. The number of hydrogen-bond donors (Lipinski definition) is 0. The zero-order chi connectivity index (χ0) is 14.6. The van der Waals surface area contributed by atoms with Crippen LogP contribution in [0.5, 0.6) is 5.75 Å². The molecule has 2 nitrogen and oxygen atoms in total. The number of ether oxygens (including phenoxy) is 1. The van der Waals surface area contributed by atoms with Gasteiger partial charge in [0.05, 0.1) is 0 Å². The maximum Gasteiger partial charge on any atom is 0.491 e. The average Bonchev–Trinajstić information content (AvgIpc) is 2.41. The molecule has 0 aliphatic heterocycles. The van der Waals surface area contributed by atoms with Crippen molar-refractivity contribution >= 4 is 17.7 Å². The molecule has 0 aromatic heterocycles. The zero-order valence-corrected chi connectivity index (χ0v) is 10.9. The van der Waals surface area contributed by atoms with Crippen molar-refractivity contribution in [1.82, 2.24) is 0 Å². The maximum atomic E-state index is 12.0. The smallest absolute Gasteiger partial charge is 0.420 e. The Morgan fingerprint density at radius 1 is 0.900 bits per heavy atom. The summed E-state index contributed by atoms with van der Waals surface area (Å²) < 4.78 is 40.3. The van der Waals surface area contributed by atoms with Crippen LogP contribution in [0.1, 0.15) is 0 Å². The SMILES string of the molecule is O=C(Oc1ccc(Sc2ccccc2)cc1)C(F)(F)F. The average molecular weight is 298 g/mol. The summed E-state index contributed by atoms with van der Waals surface area (Å²) in [4.78, 5) is 12.5. The van der Waals surface area contributed by atoms with E-state index in [9.17, 15) is 18.0 Å². The molecule has 104 valence electrons. The van der Waals surface area contributed by atoms with E-state index in [0.29, 0.717) is 0 Å². The fourth-order valence-corrected chi connectivity index (χ4v) is 2.20. The van der Waals surface area contributed by atoms with Crippen LogP contribution in [-0.4, -0.2) is 12.1 Å². The van der Waals surface area contributed by atoms with Crippen LogP contribution in [0, 0.1) is 0 Å². The lowest BCUT2D eigenvalue weighted by Gasteiger charge is -2.07. The first-order valence-corrected chi connectivity index (χ1v) is 6.39. The van der Waals surface area contributed by atoms with Crippen molar-refractivity contribution in [3.8, 4) is 5.75 Å². The fraction of sp³-hybridized carbons (Fsp3) is 0.0714. The van der Waals surface area contributed by atoms with Gasteiger partial charge in [-0.25, -0.2) is 4.79 Å².